The van der Waals surface area contributed by atoms with Gasteiger partial charge < -0.3 is 4.90 Å². The van der Waals surface area contributed by atoms with Crippen LogP contribution in [0.2, 0.25) is 0 Å². The van der Waals surface area contributed by atoms with Gasteiger partial charge in [0.2, 0.25) is 10.0 Å². The Morgan fingerprint density at radius 2 is 1.96 bits per heavy atom. The van der Waals surface area contributed by atoms with Crippen LogP contribution in [0.5, 0.6) is 0 Å². The van der Waals surface area contributed by atoms with E-state index in [4.69, 9.17) is 0 Å². The average molecular weight is 375 g/mol. The van der Waals surface area contributed by atoms with Gasteiger partial charge in [-0.05, 0) is 49.3 Å². The van der Waals surface area contributed by atoms with E-state index in [1.165, 1.54) is 11.8 Å². The summed E-state index contributed by atoms with van der Waals surface area (Å²) in [6.45, 7) is 3.13. The van der Waals surface area contributed by atoms with Gasteiger partial charge in [0.15, 0.2) is 0 Å². The number of nitrogens with zero attached hydrogens (tertiary/aromatic N) is 5. The Labute approximate surface area is 154 Å². The van der Waals surface area contributed by atoms with Crippen LogP contribution in [0.25, 0.3) is 0 Å². The van der Waals surface area contributed by atoms with Crippen LogP contribution in [0, 0.1) is 5.92 Å². The van der Waals surface area contributed by atoms with Gasteiger partial charge in [-0.3, -0.25) is 4.68 Å². The fourth-order valence-electron chi connectivity index (χ4n) is 3.91. The summed E-state index contributed by atoms with van der Waals surface area (Å²) in [6, 6.07) is 3.54. The molecule has 7 nitrogen and oxygen atoms in total. The van der Waals surface area contributed by atoms with Gasteiger partial charge in [0.1, 0.15) is 10.7 Å². The van der Waals surface area contributed by atoms with Crippen LogP contribution in [0.15, 0.2) is 35.6 Å². The Kier molecular flexibility index (Phi) is 4.71. The molecular weight excluding hydrogens is 350 g/mol. The number of aryl methyl sites for hydroxylation is 1. The number of aromatic nitrogens is 3. The monoisotopic (exact) mass is 375 g/mol. The summed E-state index contributed by atoms with van der Waals surface area (Å²) in [4.78, 5) is 6.99. The Hall–Kier alpha value is -1.93. The zero-order chi connectivity index (χ0) is 18.1. The summed E-state index contributed by atoms with van der Waals surface area (Å²) in [7, 11) is -1.45. The second-order valence-corrected chi connectivity index (χ2v) is 9.23. The van der Waals surface area contributed by atoms with Gasteiger partial charge >= 0.3 is 0 Å². The summed E-state index contributed by atoms with van der Waals surface area (Å²) in [6.07, 6.45) is 9.53. The molecule has 8 heteroatoms. The molecule has 4 rings (SSSR count). The van der Waals surface area contributed by atoms with E-state index in [2.05, 4.69) is 21.2 Å². The van der Waals surface area contributed by atoms with Gasteiger partial charge in [-0.2, -0.15) is 9.40 Å². The van der Waals surface area contributed by atoms with Crippen molar-refractivity contribution < 1.29 is 8.42 Å². The predicted octanol–water partition coefficient (Wildman–Crippen LogP) is 1.67. The first-order valence-corrected chi connectivity index (χ1v) is 10.6. The van der Waals surface area contributed by atoms with Crippen LogP contribution in [0.3, 0.4) is 0 Å². The van der Waals surface area contributed by atoms with Crippen molar-refractivity contribution >= 4 is 15.8 Å². The van der Waals surface area contributed by atoms with Gasteiger partial charge in [-0.15, -0.1) is 0 Å². The molecule has 0 bridgehead atoms. The molecule has 2 fully saturated rings. The largest absolute Gasteiger partial charge is 0.356 e. The highest BCUT2D eigenvalue weighted by Crippen LogP contribution is 2.26. The standard InChI is InChI=1S/C18H25N5O2S/c1-21-13-16(11-20-21)10-15-6-9-22(14-15)18-5-4-17(12-19-18)26(24,25)23-7-2-3-8-23/h4-5,11-13,15H,2-3,6-10,14H2,1H3. The quantitative estimate of drug-likeness (QED) is 0.795. The van der Waals surface area contributed by atoms with Crippen LogP contribution in [0.1, 0.15) is 24.8 Å². The van der Waals surface area contributed by atoms with E-state index < -0.39 is 10.0 Å². The molecule has 2 saturated heterocycles. The molecule has 0 aliphatic carbocycles. The SMILES string of the molecule is Cn1cc(CC2CCN(c3ccc(S(=O)(=O)N4CCCC4)cn3)C2)cn1. The topological polar surface area (TPSA) is 71.3 Å². The van der Waals surface area contributed by atoms with E-state index in [1.807, 2.05) is 24.0 Å². The van der Waals surface area contributed by atoms with Crippen LogP contribution < -0.4 is 4.90 Å². The summed E-state index contributed by atoms with van der Waals surface area (Å²) in [5.74, 6) is 1.44. The Morgan fingerprint density at radius 1 is 1.15 bits per heavy atom. The van der Waals surface area contributed by atoms with Crippen molar-refractivity contribution in [2.75, 3.05) is 31.1 Å². The number of rotatable bonds is 5. The molecule has 140 valence electrons. The second-order valence-electron chi connectivity index (χ2n) is 7.29. The minimum absolute atomic E-state index is 0.300. The molecule has 0 spiro atoms. The van der Waals surface area contributed by atoms with Crippen LogP contribution >= 0.6 is 0 Å². The lowest BCUT2D eigenvalue weighted by atomic mass is 10.0. The minimum atomic E-state index is -3.39. The smallest absolute Gasteiger partial charge is 0.244 e. The first kappa shape index (κ1) is 17.5. The van der Waals surface area contributed by atoms with E-state index in [1.54, 1.807) is 10.4 Å². The first-order valence-electron chi connectivity index (χ1n) is 9.21. The number of hydrogen-bond donors (Lipinski definition) is 0. The molecular formula is C18H25N5O2S. The molecule has 2 aliphatic rings. The molecule has 1 atom stereocenters. The molecule has 1 unspecified atom stereocenters. The van der Waals surface area contributed by atoms with Crippen LogP contribution in [-0.4, -0.2) is 53.7 Å². The lowest BCUT2D eigenvalue weighted by molar-refractivity contribution is 0.477. The normalized spacial score (nSPS) is 21.6. The lowest BCUT2D eigenvalue weighted by Crippen LogP contribution is -2.28. The summed E-state index contributed by atoms with van der Waals surface area (Å²) in [5.41, 5.74) is 1.26. The zero-order valence-corrected chi connectivity index (χ0v) is 15.9. The minimum Gasteiger partial charge on any atom is -0.356 e. The van der Waals surface area contributed by atoms with Crippen molar-refractivity contribution in [3.05, 3.63) is 36.3 Å². The van der Waals surface area contributed by atoms with E-state index in [-0.39, 0.29) is 0 Å². The molecule has 2 aromatic heterocycles. The van der Waals surface area contributed by atoms with Gasteiger partial charge in [-0.1, -0.05) is 0 Å². The fourth-order valence-corrected chi connectivity index (χ4v) is 5.37. The van der Waals surface area contributed by atoms with Crippen molar-refractivity contribution in [2.24, 2.45) is 13.0 Å². The summed E-state index contributed by atoms with van der Waals surface area (Å²) < 4.78 is 28.6. The molecule has 0 radical (unpaired) electrons. The molecule has 2 aliphatic heterocycles. The fraction of sp³-hybridized carbons (Fsp3) is 0.556. The molecule has 0 saturated carbocycles. The van der Waals surface area contributed by atoms with Gasteiger partial charge in [0, 0.05) is 45.6 Å². The number of hydrogen-bond acceptors (Lipinski definition) is 5. The Balaban J connectivity index is 1.41. The predicted molar refractivity (Wildman–Crippen MR) is 99.5 cm³/mol. The third-order valence-corrected chi connectivity index (χ3v) is 7.20. The summed E-state index contributed by atoms with van der Waals surface area (Å²) in [5, 5.41) is 4.23. The maximum absolute atomic E-state index is 12.6. The highest BCUT2D eigenvalue weighted by Gasteiger charge is 2.28. The van der Waals surface area contributed by atoms with E-state index in [0.29, 0.717) is 23.9 Å². The number of pyridine rings is 1. The van der Waals surface area contributed by atoms with E-state index in [9.17, 15) is 8.42 Å². The van der Waals surface area contributed by atoms with Crippen molar-refractivity contribution in [1.29, 1.82) is 0 Å². The first-order chi connectivity index (χ1) is 12.5. The van der Waals surface area contributed by atoms with Crippen molar-refractivity contribution in [2.45, 2.75) is 30.6 Å². The van der Waals surface area contributed by atoms with Gasteiger partial charge in [-0.25, -0.2) is 13.4 Å². The highest BCUT2D eigenvalue weighted by molar-refractivity contribution is 7.89. The third-order valence-electron chi connectivity index (χ3n) is 5.32. The maximum Gasteiger partial charge on any atom is 0.244 e. The van der Waals surface area contributed by atoms with Gasteiger partial charge in [0.05, 0.1) is 6.20 Å². The maximum atomic E-state index is 12.6. The molecule has 0 aromatic carbocycles. The summed E-state index contributed by atoms with van der Waals surface area (Å²) >= 11 is 0. The zero-order valence-electron chi connectivity index (χ0n) is 15.1. The van der Waals surface area contributed by atoms with E-state index in [0.717, 1.165) is 44.6 Å². The molecule has 26 heavy (non-hydrogen) atoms. The van der Waals surface area contributed by atoms with E-state index >= 15 is 0 Å². The van der Waals surface area contributed by atoms with Crippen molar-refractivity contribution in [3.8, 4) is 0 Å². The molecule has 0 N–H and O–H groups in total. The van der Waals surface area contributed by atoms with Crippen molar-refractivity contribution in [3.63, 3.8) is 0 Å². The van der Waals surface area contributed by atoms with Crippen LogP contribution in [-0.2, 0) is 23.5 Å². The Bertz CT molecular complexity index is 856. The lowest BCUT2D eigenvalue weighted by Gasteiger charge is -2.19. The van der Waals surface area contributed by atoms with Gasteiger partial charge in [0.25, 0.3) is 0 Å². The molecule has 4 heterocycles. The second kappa shape index (κ2) is 7.00. The highest BCUT2D eigenvalue weighted by atomic mass is 32.2. The van der Waals surface area contributed by atoms with Crippen LogP contribution in [0.4, 0.5) is 5.82 Å². The third kappa shape index (κ3) is 3.48. The molecule has 2 aromatic rings. The Morgan fingerprint density at radius 3 is 2.62 bits per heavy atom. The molecule has 0 amide bonds. The number of anilines is 1. The number of sulfonamides is 1. The average Bonchev–Trinajstić information content (AvgIpc) is 3.37. The van der Waals surface area contributed by atoms with Crippen molar-refractivity contribution in [1.82, 2.24) is 19.1 Å².